The van der Waals surface area contributed by atoms with E-state index in [1.165, 1.54) is 0 Å². The Morgan fingerprint density at radius 2 is 1.96 bits per heavy atom. The van der Waals surface area contributed by atoms with Crippen LogP contribution in [-0.4, -0.2) is 36.6 Å². The van der Waals surface area contributed by atoms with Crippen molar-refractivity contribution in [1.82, 2.24) is 15.2 Å². The molecule has 0 aliphatic rings. The molecule has 0 aliphatic heterocycles. The van der Waals surface area contributed by atoms with Crippen LogP contribution in [0.15, 0.2) is 30.3 Å². The molecule has 0 fully saturated rings. The van der Waals surface area contributed by atoms with E-state index in [4.69, 9.17) is 16.3 Å². The largest absolute Gasteiger partial charge is 0.490 e. The predicted octanol–water partition coefficient (Wildman–Crippen LogP) is 2.70. The van der Waals surface area contributed by atoms with E-state index in [2.05, 4.69) is 10.6 Å². The van der Waals surface area contributed by atoms with E-state index in [1.54, 1.807) is 13.1 Å². The molecule has 0 bridgehead atoms. The second-order valence-electron chi connectivity index (χ2n) is 5.89. The zero-order chi connectivity index (χ0) is 19.1. The van der Waals surface area contributed by atoms with E-state index in [0.717, 1.165) is 11.4 Å². The molecule has 0 spiro atoms. The van der Waals surface area contributed by atoms with Gasteiger partial charge in [0, 0.05) is 31.4 Å². The molecule has 2 aromatic rings. The first-order valence-corrected chi connectivity index (χ1v) is 8.84. The van der Waals surface area contributed by atoms with Gasteiger partial charge in [-0.15, -0.1) is 0 Å². The topological polar surface area (TPSA) is 72.4 Å². The molecule has 1 aromatic carbocycles. The van der Waals surface area contributed by atoms with Gasteiger partial charge in [-0.05, 0) is 32.0 Å². The lowest BCUT2D eigenvalue weighted by atomic mass is 10.2. The van der Waals surface area contributed by atoms with Gasteiger partial charge in [0.25, 0.3) is 5.91 Å². The summed E-state index contributed by atoms with van der Waals surface area (Å²) in [5, 5.41) is 5.87. The van der Waals surface area contributed by atoms with Gasteiger partial charge in [-0.1, -0.05) is 23.7 Å². The van der Waals surface area contributed by atoms with E-state index >= 15 is 0 Å². The maximum atomic E-state index is 12.3. The van der Waals surface area contributed by atoms with Gasteiger partial charge in [-0.3, -0.25) is 9.59 Å². The Hall–Kier alpha value is -2.47. The van der Waals surface area contributed by atoms with E-state index in [-0.39, 0.29) is 18.2 Å². The van der Waals surface area contributed by atoms with Gasteiger partial charge in [0.2, 0.25) is 5.91 Å². The van der Waals surface area contributed by atoms with Crippen LogP contribution >= 0.6 is 11.6 Å². The van der Waals surface area contributed by atoms with Crippen LogP contribution in [0.1, 0.15) is 28.2 Å². The smallest absolute Gasteiger partial charge is 0.253 e. The number of benzene rings is 1. The minimum absolute atomic E-state index is 0.104. The summed E-state index contributed by atoms with van der Waals surface area (Å²) in [6.07, 6.45) is 0.257. The normalized spacial score (nSPS) is 10.5. The van der Waals surface area contributed by atoms with Crippen LogP contribution in [0.5, 0.6) is 5.75 Å². The van der Waals surface area contributed by atoms with Crippen LogP contribution in [-0.2, 0) is 11.3 Å². The Labute approximate surface area is 158 Å². The lowest BCUT2D eigenvalue weighted by Crippen LogP contribution is -2.29. The summed E-state index contributed by atoms with van der Waals surface area (Å²) in [4.78, 5) is 23.6. The van der Waals surface area contributed by atoms with Gasteiger partial charge < -0.3 is 19.9 Å². The highest BCUT2D eigenvalue weighted by Gasteiger charge is 2.15. The molecule has 1 heterocycles. The summed E-state index contributed by atoms with van der Waals surface area (Å²) in [6, 6.07) is 9.17. The number of ether oxygens (including phenoxy) is 1. The molecule has 0 unspecified atom stereocenters. The number of aromatic nitrogens is 1. The number of rotatable bonds is 8. The van der Waals surface area contributed by atoms with Crippen molar-refractivity contribution >= 4 is 23.4 Å². The van der Waals surface area contributed by atoms with Crippen LogP contribution in [0.25, 0.3) is 0 Å². The molecule has 0 saturated heterocycles. The average molecular weight is 378 g/mol. The second kappa shape index (κ2) is 9.29. The van der Waals surface area contributed by atoms with Crippen molar-refractivity contribution in [2.24, 2.45) is 0 Å². The van der Waals surface area contributed by atoms with E-state index in [0.29, 0.717) is 36.0 Å². The summed E-state index contributed by atoms with van der Waals surface area (Å²) in [6.45, 7) is 5.20. The third kappa shape index (κ3) is 5.02. The molecule has 2 N–H and O–H groups in total. The molecule has 0 saturated carbocycles. The molecule has 0 atom stereocenters. The SMILES string of the molecule is CNC(=O)CCNC(=O)c1cc(C)n(CCOc2ccccc2Cl)c1C. The maximum Gasteiger partial charge on any atom is 0.253 e. The molecule has 140 valence electrons. The summed E-state index contributed by atoms with van der Waals surface area (Å²) in [5.41, 5.74) is 2.45. The van der Waals surface area contributed by atoms with Crippen molar-refractivity contribution in [2.75, 3.05) is 20.2 Å². The lowest BCUT2D eigenvalue weighted by molar-refractivity contribution is -0.120. The van der Waals surface area contributed by atoms with E-state index < -0.39 is 0 Å². The molecular weight excluding hydrogens is 354 g/mol. The second-order valence-corrected chi connectivity index (χ2v) is 6.30. The third-order valence-electron chi connectivity index (χ3n) is 4.14. The minimum atomic E-state index is -0.180. The number of halogens is 1. The lowest BCUT2D eigenvalue weighted by Gasteiger charge is -2.12. The van der Waals surface area contributed by atoms with Crippen LogP contribution in [0.2, 0.25) is 5.02 Å². The summed E-state index contributed by atoms with van der Waals surface area (Å²) in [7, 11) is 1.57. The number of carbonyl (C=O) groups excluding carboxylic acids is 2. The molecule has 6 nitrogen and oxygen atoms in total. The molecular formula is C19H24ClN3O3. The fraction of sp³-hybridized carbons (Fsp3) is 0.368. The van der Waals surface area contributed by atoms with Gasteiger partial charge >= 0.3 is 0 Å². The van der Waals surface area contributed by atoms with Gasteiger partial charge in [0.1, 0.15) is 12.4 Å². The van der Waals surface area contributed by atoms with Crippen molar-refractivity contribution in [1.29, 1.82) is 0 Å². The molecule has 0 aliphatic carbocycles. The minimum Gasteiger partial charge on any atom is -0.490 e. The van der Waals surface area contributed by atoms with Crippen molar-refractivity contribution < 1.29 is 14.3 Å². The molecule has 1 aromatic heterocycles. The van der Waals surface area contributed by atoms with Gasteiger partial charge in [-0.25, -0.2) is 0 Å². The van der Waals surface area contributed by atoms with Crippen LogP contribution in [0.4, 0.5) is 0 Å². The van der Waals surface area contributed by atoms with E-state index in [1.807, 2.05) is 42.7 Å². The fourth-order valence-electron chi connectivity index (χ4n) is 2.69. The standard InChI is InChI=1S/C19H24ClN3O3/c1-13-12-15(19(25)22-9-8-18(24)21-3)14(2)23(13)10-11-26-17-7-5-4-6-16(17)20/h4-7,12H,8-11H2,1-3H3,(H,21,24)(H,22,25). The van der Waals surface area contributed by atoms with Crippen LogP contribution in [0, 0.1) is 13.8 Å². The first-order chi connectivity index (χ1) is 12.4. The Morgan fingerprint density at radius 3 is 2.65 bits per heavy atom. The number of hydrogen-bond donors (Lipinski definition) is 2. The van der Waals surface area contributed by atoms with Gasteiger partial charge in [0.15, 0.2) is 0 Å². The number of aryl methyl sites for hydroxylation is 1. The zero-order valence-corrected chi connectivity index (χ0v) is 16.0. The van der Waals surface area contributed by atoms with Crippen LogP contribution < -0.4 is 15.4 Å². The van der Waals surface area contributed by atoms with Crippen LogP contribution in [0.3, 0.4) is 0 Å². The van der Waals surface area contributed by atoms with Gasteiger partial charge in [0.05, 0.1) is 17.1 Å². The number of carbonyl (C=O) groups is 2. The highest BCUT2D eigenvalue weighted by atomic mass is 35.5. The third-order valence-corrected chi connectivity index (χ3v) is 4.46. The Morgan fingerprint density at radius 1 is 1.23 bits per heavy atom. The van der Waals surface area contributed by atoms with Crippen molar-refractivity contribution in [3.05, 3.63) is 52.3 Å². The summed E-state index contributed by atoms with van der Waals surface area (Å²) in [5.74, 6) is 0.358. The molecule has 2 rings (SSSR count). The molecule has 2 amide bonds. The number of nitrogens with one attached hydrogen (secondary N) is 2. The Kier molecular flexibility index (Phi) is 7.09. The van der Waals surface area contributed by atoms with Crippen molar-refractivity contribution in [3.63, 3.8) is 0 Å². The number of hydrogen-bond acceptors (Lipinski definition) is 3. The highest BCUT2D eigenvalue weighted by molar-refractivity contribution is 6.32. The Bertz CT molecular complexity index is 786. The predicted molar refractivity (Wildman–Crippen MR) is 102 cm³/mol. The molecule has 26 heavy (non-hydrogen) atoms. The number of amides is 2. The molecule has 0 radical (unpaired) electrons. The number of para-hydroxylation sites is 1. The average Bonchev–Trinajstić information content (AvgIpc) is 2.91. The zero-order valence-electron chi connectivity index (χ0n) is 15.3. The van der Waals surface area contributed by atoms with Crippen molar-refractivity contribution in [2.45, 2.75) is 26.8 Å². The highest BCUT2D eigenvalue weighted by Crippen LogP contribution is 2.23. The maximum absolute atomic E-state index is 12.3. The van der Waals surface area contributed by atoms with Crippen molar-refractivity contribution in [3.8, 4) is 5.75 Å². The Balaban J connectivity index is 1.95. The van der Waals surface area contributed by atoms with Gasteiger partial charge in [-0.2, -0.15) is 0 Å². The fourth-order valence-corrected chi connectivity index (χ4v) is 2.88. The quantitative estimate of drug-likeness (QED) is 0.743. The molecule has 7 heteroatoms. The summed E-state index contributed by atoms with van der Waals surface area (Å²) < 4.78 is 7.76. The van der Waals surface area contributed by atoms with E-state index in [9.17, 15) is 9.59 Å². The first-order valence-electron chi connectivity index (χ1n) is 8.47. The summed E-state index contributed by atoms with van der Waals surface area (Å²) >= 11 is 6.08. The first kappa shape index (κ1) is 19.8. The number of nitrogens with zero attached hydrogens (tertiary/aromatic N) is 1. The monoisotopic (exact) mass is 377 g/mol.